The number of Topliss-reactive ketones (excluding diaryl/α,β-unsaturated/α-hetero) is 1. The molecule has 718 valence electrons. The number of nitrogens with one attached hydrogen (secondary N) is 5. The number of amides is 7. The van der Waals surface area contributed by atoms with Gasteiger partial charge in [0.15, 0.2) is 8.32 Å². The third kappa shape index (κ3) is 32.5. The van der Waals surface area contributed by atoms with Gasteiger partial charge >= 0.3 is 42.7 Å². The lowest BCUT2D eigenvalue weighted by Gasteiger charge is -2.44. The van der Waals surface area contributed by atoms with Crippen molar-refractivity contribution in [2.75, 3.05) is 65.4 Å². The number of ether oxygens (including phenoxy) is 7. The van der Waals surface area contributed by atoms with Crippen LogP contribution in [0.15, 0.2) is 0 Å². The van der Waals surface area contributed by atoms with Gasteiger partial charge in [-0.05, 0) is 309 Å². The maximum atomic E-state index is 14.2. The number of hydrogen-bond donors (Lipinski definition) is 7. The maximum absolute atomic E-state index is 14.2. The molecule has 8 atom stereocenters. The first kappa shape index (κ1) is 107. The fraction of sp³-hybridized carbons (Fsp3) is 0.911. The highest BCUT2D eigenvalue weighted by atomic mass is 32.2. The zero-order valence-electron chi connectivity index (χ0n) is 80.9. The molecule has 28 nitrogen and oxygen atoms in total. The molecule has 5 aliphatic heterocycles. The number of aliphatic hydroxyl groups excluding tert-OH is 1. The molecule has 0 radical (unpaired) electrons. The fourth-order valence-electron chi connectivity index (χ4n) is 18.5. The molecule has 10 fully saturated rings. The van der Waals surface area contributed by atoms with Crippen LogP contribution in [-0.4, -0.2) is 249 Å². The number of carbonyl (C=O) groups is 8. The Morgan fingerprint density at radius 1 is 0.427 bits per heavy atom. The lowest BCUT2D eigenvalue weighted by Crippen LogP contribution is -2.52. The van der Waals surface area contributed by atoms with Crippen LogP contribution in [-0.2, 0) is 53.4 Å². The number of nitrogens with zero attached hydrogens (tertiary/aromatic N) is 4. The van der Waals surface area contributed by atoms with Gasteiger partial charge in [-0.15, -0.1) is 0 Å². The molecular formula is C90H162F4N10O18SSi. The van der Waals surface area contributed by atoms with E-state index in [1.807, 2.05) is 130 Å². The van der Waals surface area contributed by atoms with Gasteiger partial charge in [-0.2, -0.15) is 0 Å². The molecule has 7 amide bonds. The van der Waals surface area contributed by atoms with Crippen LogP contribution < -0.4 is 31.7 Å². The van der Waals surface area contributed by atoms with Crippen molar-refractivity contribution >= 4 is 67.7 Å². The molecule has 5 spiro atoms. The summed E-state index contributed by atoms with van der Waals surface area (Å²) in [6.07, 6.45) is 6.68. The molecule has 34 heteroatoms. The Morgan fingerprint density at radius 2 is 0.750 bits per heavy atom. The van der Waals surface area contributed by atoms with E-state index >= 15 is 0 Å². The molecule has 10 aliphatic rings. The summed E-state index contributed by atoms with van der Waals surface area (Å²) in [4.78, 5) is 105. The van der Waals surface area contributed by atoms with Crippen LogP contribution in [0.1, 0.15) is 315 Å². The van der Waals surface area contributed by atoms with Crippen LogP contribution in [0, 0.1) is 27.1 Å². The van der Waals surface area contributed by atoms with Crippen LogP contribution in [0.4, 0.5) is 51.1 Å². The van der Waals surface area contributed by atoms with E-state index in [1.165, 1.54) is 0 Å². The molecule has 10 rings (SSSR count). The zero-order chi connectivity index (χ0) is 94.5. The van der Waals surface area contributed by atoms with E-state index in [0.717, 1.165) is 64.5 Å². The largest absolute Gasteiger partial charge is 0.444 e. The van der Waals surface area contributed by atoms with Crippen molar-refractivity contribution in [3.63, 3.8) is 0 Å². The summed E-state index contributed by atoms with van der Waals surface area (Å²) in [6, 6.07) is -1.25. The number of rotatable bonds is 7. The second-order valence-corrected chi connectivity index (χ2v) is 53.4. The topological polar surface area (TPSA) is 347 Å². The minimum atomic E-state index is -2.84. The average Bonchev–Trinajstić information content (AvgIpc) is 1.61. The van der Waals surface area contributed by atoms with Crippen LogP contribution in [0.2, 0.25) is 18.1 Å². The molecule has 0 bridgehead atoms. The smallest absolute Gasteiger partial charge is 0.410 e. The summed E-state index contributed by atoms with van der Waals surface area (Å²) in [6.45, 7) is 61.5. The van der Waals surface area contributed by atoms with Crippen molar-refractivity contribution in [3.8, 4) is 0 Å². The summed E-state index contributed by atoms with van der Waals surface area (Å²) in [5.74, 6) is -5.21. The van der Waals surface area contributed by atoms with Gasteiger partial charge in [0.1, 0.15) is 45.0 Å². The second kappa shape index (κ2) is 40.0. The summed E-state index contributed by atoms with van der Waals surface area (Å²) < 4.78 is 115. The Morgan fingerprint density at radius 3 is 1.09 bits per heavy atom. The molecule has 5 aliphatic carbocycles. The fourth-order valence-corrected chi connectivity index (χ4v) is 20.9. The molecule has 124 heavy (non-hydrogen) atoms. The number of alkyl carbamates (subject to hydrolysis) is 3. The highest BCUT2D eigenvalue weighted by Gasteiger charge is 2.60. The van der Waals surface area contributed by atoms with Crippen molar-refractivity contribution < 1.29 is 103 Å². The predicted molar refractivity (Wildman–Crippen MR) is 474 cm³/mol. The van der Waals surface area contributed by atoms with Crippen molar-refractivity contribution in [1.29, 1.82) is 0 Å². The van der Waals surface area contributed by atoms with Gasteiger partial charge in [-0.25, -0.2) is 60.1 Å². The van der Waals surface area contributed by atoms with Gasteiger partial charge in [0.05, 0.1) is 21.8 Å². The third-order valence-electron chi connectivity index (χ3n) is 25.6. The molecule has 0 aromatic carbocycles. The van der Waals surface area contributed by atoms with E-state index in [9.17, 15) is 65.2 Å². The van der Waals surface area contributed by atoms with E-state index in [2.05, 4.69) is 59.9 Å². The molecule has 0 aromatic heterocycles. The average molecular weight is 1810 g/mol. The first-order valence-electron chi connectivity index (χ1n) is 45.2. The number of nitrogens with two attached hydrogens (primary N) is 1. The van der Waals surface area contributed by atoms with E-state index in [4.69, 9.17) is 43.3 Å². The Labute approximate surface area is 742 Å². The van der Waals surface area contributed by atoms with E-state index in [-0.39, 0.29) is 105 Å². The minimum absolute atomic E-state index is 0.00282. The highest BCUT2D eigenvalue weighted by molar-refractivity contribution is 7.84. The summed E-state index contributed by atoms with van der Waals surface area (Å²) in [7, 11) is -3.04. The summed E-state index contributed by atoms with van der Waals surface area (Å²) in [5.41, 5.74) is 0.316. The van der Waals surface area contributed by atoms with Crippen molar-refractivity contribution in [2.45, 2.75) is 432 Å². The molecule has 5 saturated heterocycles. The standard InChI is InChI=1S/C24H48N2O4SSi.C19H32F2N2O4.C19H34N2O5.C19H32N2O5.C9H16F2N2/c1-21(2,3)29-20(27)26-14-12-24(13-15-26)17-18(30-32(10,11)23(7,8)9)16-19(24)25-31(28)22(4,5)6;1-16(2,3)26-14(24)22-13-11-19(20,21)12-18(13)7-9-23(10-8-18)15(25)27-17(4,5)6;2*1-17(2,3)25-15(23)20-14-11-13(22)12-19(14)7-9-21(10-8-19)16(24)26-18(4,5)6;10-9(11)5-7(12)8(6-9)1-3-13-4-2-8/h18-19,25H,12-17H2,1-11H3;13H,7-12H2,1-6H3,(H,22,24);13-14,22H,7-12H2,1-6H3,(H,20,23);14H,7-12H2,1-6H3,(H,20,23);7,13H,1-6,12H2/t18-,19+,31+;;;;/m0..../s1. The van der Waals surface area contributed by atoms with Gasteiger partial charge in [-0.1, -0.05) is 20.8 Å². The second-order valence-electron chi connectivity index (χ2n) is 46.6. The minimum Gasteiger partial charge on any atom is -0.444 e. The van der Waals surface area contributed by atoms with Crippen molar-refractivity contribution in [3.05, 3.63) is 0 Å². The number of aliphatic hydroxyl groups is 1. The van der Waals surface area contributed by atoms with Gasteiger partial charge in [-0.3, -0.25) is 4.79 Å². The Hall–Kier alpha value is -5.55. The first-order valence-corrected chi connectivity index (χ1v) is 49.2. The van der Waals surface area contributed by atoms with Crippen molar-refractivity contribution in [2.24, 2.45) is 32.8 Å². The summed E-state index contributed by atoms with van der Waals surface area (Å²) >= 11 is 0. The normalized spacial score (nSPS) is 26.1. The first-order chi connectivity index (χ1) is 56.0. The molecule has 0 aromatic rings. The monoisotopic (exact) mass is 1810 g/mol. The number of piperidine rings is 5. The molecule has 5 unspecified atom stereocenters. The molecular weight excluding hydrogens is 1650 g/mol. The van der Waals surface area contributed by atoms with E-state index in [1.54, 1.807) is 56.2 Å². The molecule has 5 saturated carbocycles. The number of halogens is 4. The number of hydrogen-bond acceptors (Lipinski definition) is 20. The lowest BCUT2D eigenvalue weighted by molar-refractivity contribution is -0.118. The van der Waals surface area contributed by atoms with Gasteiger partial charge in [0.25, 0.3) is 5.92 Å². The third-order valence-corrected chi connectivity index (χ3v) is 31.8. The maximum Gasteiger partial charge on any atom is 0.410 e. The number of carbonyl (C=O) groups excluding carboxylic acids is 8. The number of alkyl halides is 4. The lowest BCUT2D eigenvalue weighted by atomic mass is 9.74. The Balaban J connectivity index is 0.000000244. The predicted octanol–water partition coefficient (Wildman–Crippen LogP) is 17.4. The Kier molecular flexibility index (Phi) is 34.6. The van der Waals surface area contributed by atoms with Crippen LogP contribution in [0.25, 0.3) is 0 Å². The SMILES string of the molecule is CC(C)(C)OC(=O)N1CCC2(CC1)C[C@@H](O[Si](C)(C)C(C)(C)C)C[C@H]2N[S@](=O)C(C)(C)C.CC(C)(C)OC(=O)NC1CC(=O)CC12CCN(C(=O)OC(C)(C)C)CC2.CC(C)(C)OC(=O)NC1CC(F)(F)CC12CCN(C(=O)OC(C)(C)C)CC2.CC(C)(C)OC(=O)NC1CC(O)CC12CCN(C(=O)OC(C)(C)C)CC2.NC1CC(F)(F)CC12CCNCC2. The quantitative estimate of drug-likeness (QED) is 0.0707. The van der Waals surface area contributed by atoms with Gasteiger partial charge < -0.3 is 89.3 Å². The highest BCUT2D eigenvalue weighted by Crippen LogP contribution is 2.56. The van der Waals surface area contributed by atoms with Crippen LogP contribution in [0.3, 0.4) is 0 Å². The van der Waals surface area contributed by atoms with Gasteiger partial charge in [0.2, 0.25) is 5.92 Å². The molecule has 8 N–H and O–H groups in total. The molecule has 5 heterocycles. The number of likely N-dealkylation sites (tertiary alicyclic amines) is 4. The van der Waals surface area contributed by atoms with Crippen LogP contribution >= 0.6 is 0 Å². The van der Waals surface area contributed by atoms with Crippen LogP contribution in [0.5, 0.6) is 0 Å². The zero-order valence-corrected chi connectivity index (χ0v) is 82.7. The van der Waals surface area contributed by atoms with E-state index in [0.29, 0.717) is 104 Å². The van der Waals surface area contributed by atoms with Gasteiger partial charge in [0, 0.05) is 133 Å². The van der Waals surface area contributed by atoms with E-state index < -0.39 is 119 Å². The Bertz CT molecular complexity index is 3630. The summed E-state index contributed by atoms with van der Waals surface area (Å²) in [5, 5.41) is 22.0. The van der Waals surface area contributed by atoms with Crippen molar-refractivity contribution in [1.82, 2.24) is 45.6 Å². The number of ketones is 1.